The molecule has 0 bridgehead atoms. The minimum absolute atomic E-state index is 0.167. The summed E-state index contributed by atoms with van der Waals surface area (Å²) in [6.45, 7) is 15.1. The van der Waals surface area contributed by atoms with Gasteiger partial charge in [-0.3, -0.25) is 0 Å². The second-order valence-corrected chi connectivity index (χ2v) is 12.7. The molecule has 2 N–H and O–H groups in total. The molecule has 2 aliphatic rings. The molecule has 1 atom stereocenters. The SMILES string of the molecule is C=c1cnc(CCC2(CC)CC(C)(C(C)F)C2)n/c1=C(/N=C\C)Nc1ccc(Cc2ccc3c(c2)NCN3C)c(C)c1. The first-order valence-electron chi connectivity index (χ1n) is 15.2. The predicted octanol–water partition coefficient (Wildman–Crippen LogP) is 6.36. The molecular formula is C35H45FN6. The third-order valence-electron chi connectivity index (χ3n) is 9.52. The molecule has 0 radical (unpaired) electrons. The molecule has 1 aromatic heterocycles. The molecule has 0 amide bonds. The molecule has 1 fully saturated rings. The van der Waals surface area contributed by atoms with Crippen LogP contribution in [0.4, 0.5) is 21.5 Å². The van der Waals surface area contributed by atoms with Crippen molar-refractivity contribution in [3.63, 3.8) is 0 Å². The van der Waals surface area contributed by atoms with Gasteiger partial charge in [-0.25, -0.2) is 19.4 Å². The molecule has 5 rings (SSSR count). The molecule has 2 aromatic carbocycles. The van der Waals surface area contributed by atoms with Crippen LogP contribution in [0.2, 0.25) is 0 Å². The topological polar surface area (TPSA) is 65.4 Å². The first-order chi connectivity index (χ1) is 20.0. The second-order valence-electron chi connectivity index (χ2n) is 12.7. The number of rotatable bonds is 10. The van der Waals surface area contributed by atoms with Gasteiger partial charge in [-0.15, -0.1) is 0 Å². The molecular weight excluding hydrogens is 523 g/mol. The zero-order valence-electron chi connectivity index (χ0n) is 26.0. The van der Waals surface area contributed by atoms with Crippen LogP contribution in [-0.2, 0) is 12.8 Å². The summed E-state index contributed by atoms with van der Waals surface area (Å²) in [6, 6.07) is 13.1. The Labute approximate surface area is 249 Å². The molecule has 42 heavy (non-hydrogen) atoms. The van der Waals surface area contributed by atoms with E-state index in [2.05, 4.69) is 96.3 Å². The van der Waals surface area contributed by atoms with E-state index in [9.17, 15) is 4.39 Å². The second kappa shape index (κ2) is 11.9. The van der Waals surface area contributed by atoms with E-state index >= 15 is 0 Å². The molecule has 1 aliphatic heterocycles. The average molecular weight is 569 g/mol. The minimum Gasteiger partial charge on any atom is -0.366 e. The van der Waals surface area contributed by atoms with Crippen LogP contribution in [0.3, 0.4) is 0 Å². The van der Waals surface area contributed by atoms with E-state index in [1.807, 2.05) is 6.92 Å². The van der Waals surface area contributed by atoms with Crippen molar-refractivity contribution in [1.82, 2.24) is 9.97 Å². The lowest BCUT2D eigenvalue weighted by atomic mass is 9.49. The van der Waals surface area contributed by atoms with E-state index in [4.69, 9.17) is 4.98 Å². The molecule has 0 saturated heterocycles. The Morgan fingerprint density at radius 1 is 1.26 bits per heavy atom. The van der Waals surface area contributed by atoms with E-state index < -0.39 is 6.17 Å². The van der Waals surface area contributed by atoms with Crippen LogP contribution < -0.4 is 26.1 Å². The maximum absolute atomic E-state index is 14.2. The fourth-order valence-electron chi connectivity index (χ4n) is 6.76. The number of fused-ring (bicyclic) bond motifs is 1. The summed E-state index contributed by atoms with van der Waals surface area (Å²) < 4.78 is 14.2. The number of aromatic nitrogens is 2. The third kappa shape index (κ3) is 6.06. The summed E-state index contributed by atoms with van der Waals surface area (Å²) >= 11 is 0. The summed E-state index contributed by atoms with van der Waals surface area (Å²) in [7, 11) is 2.10. The summed E-state index contributed by atoms with van der Waals surface area (Å²) in [4.78, 5) is 16.4. The van der Waals surface area contributed by atoms with Crippen LogP contribution in [0.25, 0.3) is 12.4 Å². The van der Waals surface area contributed by atoms with Crippen LogP contribution in [-0.4, -0.2) is 36.1 Å². The highest BCUT2D eigenvalue weighted by molar-refractivity contribution is 5.75. The number of benzene rings is 2. The van der Waals surface area contributed by atoms with Crippen LogP contribution >= 0.6 is 0 Å². The van der Waals surface area contributed by atoms with Gasteiger partial charge in [0.15, 0.2) is 5.82 Å². The molecule has 222 valence electrons. The average Bonchev–Trinajstić information content (AvgIpc) is 3.32. The van der Waals surface area contributed by atoms with Crippen molar-refractivity contribution in [3.05, 3.63) is 75.7 Å². The monoisotopic (exact) mass is 568 g/mol. The van der Waals surface area contributed by atoms with Gasteiger partial charge in [0.2, 0.25) is 0 Å². The highest BCUT2D eigenvalue weighted by Crippen LogP contribution is 2.60. The highest BCUT2D eigenvalue weighted by Gasteiger charge is 2.53. The van der Waals surface area contributed by atoms with Gasteiger partial charge in [0.1, 0.15) is 17.3 Å². The van der Waals surface area contributed by atoms with Gasteiger partial charge in [-0.05, 0) is 98.2 Å². The number of nitrogens with one attached hydrogen (secondary N) is 2. The van der Waals surface area contributed by atoms with Crippen LogP contribution in [0.5, 0.6) is 0 Å². The number of aliphatic imine (C=N–C) groups is 1. The lowest BCUT2D eigenvalue weighted by Crippen LogP contribution is -2.49. The Morgan fingerprint density at radius 3 is 2.74 bits per heavy atom. The van der Waals surface area contributed by atoms with Gasteiger partial charge in [-0.1, -0.05) is 39.0 Å². The van der Waals surface area contributed by atoms with Crippen LogP contribution in [0.15, 0.2) is 47.6 Å². The zero-order valence-corrected chi connectivity index (χ0v) is 26.0. The summed E-state index contributed by atoms with van der Waals surface area (Å²) in [6.07, 6.45) is 8.24. The molecule has 3 aromatic rings. The summed E-state index contributed by atoms with van der Waals surface area (Å²) in [5.74, 6) is 1.43. The lowest BCUT2D eigenvalue weighted by Gasteiger charge is -2.56. The summed E-state index contributed by atoms with van der Waals surface area (Å²) in [5.41, 5.74) is 7.14. The van der Waals surface area contributed by atoms with Crippen molar-refractivity contribution in [2.45, 2.75) is 79.3 Å². The lowest BCUT2D eigenvalue weighted by molar-refractivity contribution is -0.0822. The first-order valence-corrected chi connectivity index (χ1v) is 15.2. The molecule has 7 heteroatoms. The summed E-state index contributed by atoms with van der Waals surface area (Å²) in [5, 5.41) is 8.39. The zero-order chi connectivity index (χ0) is 30.1. The number of anilines is 3. The first kappa shape index (κ1) is 29.7. The fourth-order valence-corrected chi connectivity index (χ4v) is 6.76. The predicted molar refractivity (Wildman–Crippen MR) is 174 cm³/mol. The Hall–Kier alpha value is -3.74. The number of hydrogen-bond acceptors (Lipinski definition) is 6. The van der Waals surface area contributed by atoms with E-state index in [0.29, 0.717) is 11.2 Å². The quantitative estimate of drug-likeness (QED) is 0.279. The Bertz CT molecular complexity index is 1590. The van der Waals surface area contributed by atoms with E-state index in [-0.39, 0.29) is 10.8 Å². The van der Waals surface area contributed by atoms with Gasteiger partial charge in [0.25, 0.3) is 0 Å². The molecule has 1 unspecified atom stereocenters. The van der Waals surface area contributed by atoms with Crippen molar-refractivity contribution in [1.29, 1.82) is 0 Å². The number of nitrogens with zero attached hydrogens (tertiary/aromatic N) is 4. The number of halogens is 1. The van der Waals surface area contributed by atoms with Gasteiger partial charge >= 0.3 is 0 Å². The molecule has 6 nitrogen and oxygen atoms in total. The Balaban J connectivity index is 1.33. The maximum Gasteiger partial charge on any atom is 0.156 e. The van der Waals surface area contributed by atoms with E-state index in [1.54, 1.807) is 19.3 Å². The minimum atomic E-state index is -0.781. The van der Waals surface area contributed by atoms with Crippen molar-refractivity contribution < 1.29 is 4.39 Å². The number of aryl methyl sites for hydroxylation is 2. The Kier molecular flexibility index (Phi) is 8.40. The highest BCUT2D eigenvalue weighted by atomic mass is 19.1. The fraction of sp³-hybridized carbons (Fsp3) is 0.457. The number of hydrogen-bond donors (Lipinski definition) is 2. The van der Waals surface area contributed by atoms with Crippen molar-refractivity contribution in [2.24, 2.45) is 15.8 Å². The molecule has 0 spiro atoms. The van der Waals surface area contributed by atoms with Gasteiger partial charge < -0.3 is 15.5 Å². The normalized spacial score (nSPS) is 22.9. The van der Waals surface area contributed by atoms with Gasteiger partial charge in [0.05, 0.1) is 18.0 Å². The van der Waals surface area contributed by atoms with E-state index in [1.165, 1.54) is 28.1 Å². The molecule has 1 aliphatic carbocycles. The van der Waals surface area contributed by atoms with Crippen LogP contribution in [0.1, 0.15) is 75.9 Å². The van der Waals surface area contributed by atoms with Gasteiger partial charge in [-0.2, -0.15) is 0 Å². The van der Waals surface area contributed by atoms with Crippen LogP contribution in [0, 0.1) is 17.8 Å². The standard InChI is InChI=1S/C35H45FN6/c1-8-35(20-34(6,21-35)25(5)36)15-14-31-38-19-24(4)32(41-31)33(37-9-2)40-28-12-11-27(23(3)16-28)17-26-10-13-30-29(18-26)39-22-42(30)7/h9-13,16,18-19,25,39-40H,4,8,14-15,17,20-22H2,1-3,5-7H3/b33-32-,37-9-. The largest absolute Gasteiger partial charge is 0.366 e. The smallest absolute Gasteiger partial charge is 0.156 e. The molecule has 1 saturated carbocycles. The maximum atomic E-state index is 14.2. The van der Waals surface area contributed by atoms with E-state index in [0.717, 1.165) is 61.9 Å². The van der Waals surface area contributed by atoms with Crippen molar-refractivity contribution in [2.75, 3.05) is 29.2 Å². The van der Waals surface area contributed by atoms with Gasteiger partial charge in [0, 0.05) is 36.8 Å². The van der Waals surface area contributed by atoms with Crippen molar-refractivity contribution >= 4 is 35.7 Å². The Morgan fingerprint density at radius 2 is 2.05 bits per heavy atom. The number of alkyl halides is 1. The third-order valence-corrected chi connectivity index (χ3v) is 9.52. The van der Waals surface area contributed by atoms with Crippen molar-refractivity contribution in [3.8, 4) is 0 Å². The molecule has 2 heterocycles.